The van der Waals surface area contributed by atoms with Crippen LogP contribution in [0.25, 0.3) is 0 Å². The lowest BCUT2D eigenvalue weighted by molar-refractivity contribution is -0.130. The normalized spacial score (nSPS) is 14.1. The van der Waals surface area contributed by atoms with Crippen LogP contribution in [0.4, 0.5) is 0 Å². The van der Waals surface area contributed by atoms with Gasteiger partial charge in [0.05, 0.1) is 17.9 Å². The summed E-state index contributed by atoms with van der Waals surface area (Å²) >= 11 is 0. The van der Waals surface area contributed by atoms with Crippen molar-refractivity contribution in [2.45, 2.75) is 231 Å². The molecule has 1 amide bonds. The molecule has 3 unspecified atom stereocenters. The van der Waals surface area contributed by atoms with Gasteiger partial charge in [-0.05, 0) is 44.9 Å². The first-order valence-electron chi connectivity index (χ1n) is 21.1. The van der Waals surface area contributed by atoms with Crippen LogP contribution in [-0.4, -0.2) is 53.1 Å². The number of carbonyl (C=O) groups is 1. The molecule has 0 rings (SSSR count). The molecule has 0 aromatic carbocycles. The second kappa shape index (κ2) is 36.2. The molecule has 4 N–H and O–H groups in total. The quantitative estimate of drug-likeness (QED) is 0.0285. The van der Waals surface area contributed by atoms with Crippen molar-refractivity contribution in [2.24, 2.45) is 0 Å². The first-order chi connectivity index (χ1) is 24.2. The van der Waals surface area contributed by atoms with Gasteiger partial charge >= 0.3 is 0 Å². The van der Waals surface area contributed by atoms with Crippen molar-refractivity contribution in [1.29, 1.82) is 0 Å². The molecule has 0 radical (unpaired) electrons. The van der Waals surface area contributed by atoms with Crippen LogP contribution in [0.15, 0.2) is 24.3 Å². The minimum absolute atomic E-state index is 0.275. The van der Waals surface area contributed by atoms with Crippen LogP contribution in [0.2, 0.25) is 0 Å². The van der Waals surface area contributed by atoms with Crippen LogP contribution in [-0.2, 0) is 14.9 Å². The number of rotatable bonds is 38. The summed E-state index contributed by atoms with van der Waals surface area (Å²) in [7, 11) is -4.44. The predicted molar refractivity (Wildman–Crippen MR) is 213 cm³/mol. The lowest BCUT2D eigenvalue weighted by atomic mass is 10.0. The average Bonchev–Trinajstić information content (AvgIpc) is 3.08. The SMILES string of the molecule is CCCCCCCCCCC/C=C\CCCCCCCCC(O)C(=O)NC(CS(=O)(=O)O)C(O)/C=C/CCCCCCCCCCCCCC. The highest BCUT2D eigenvalue weighted by molar-refractivity contribution is 7.85. The van der Waals surface area contributed by atoms with Crippen LogP contribution in [0.3, 0.4) is 0 Å². The largest absolute Gasteiger partial charge is 0.387 e. The molecular weight excluding hydrogens is 647 g/mol. The molecule has 0 aliphatic carbocycles. The number of hydrogen-bond donors (Lipinski definition) is 4. The van der Waals surface area contributed by atoms with E-state index in [4.69, 9.17) is 0 Å². The maximum Gasteiger partial charge on any atom is 0.267 e. The molecule has 0 fully saturated rings. The summed E-state index contributed by atoms with van der Waals surface area (Å²) < 4.78 is 32.5. The smallest absolute Gasteiger partial charge is 0.267 e. The number of hydrogen-bond acceptors (Lipinski definition) is 5. The molecule has 0 aromatic rings. The summed E-state index contributed by atoms with van der Waals surface area (Å²) in [4.78, 5) is 12.6. The van der Waals surface area contributed by atoms with E-state index in [2.05, 4.69) is 31.3 Å². The van der Waals surface area contributed by atoms with Crippen LogP contribution < -0.4 is 5.32 Å². The highest BCUT2D eigenvalue weighted by Gasteiger charge is 2.27. The van der Waals surface area contributed by atoms with Crippen molar-refractivity contribution in [3.05, 3.63) is 24.3 Å². The van der Waals surface area contributed by atoms with Gasteiger partial charge in [0, 0.05) is 0 Å². The summed E-state index contributed by atoms with van der Waals surface area (Å²) in [6, 6.07) is -1.23. The molecule has 0 aliphatic rings. The number of amides is 1. The zero-order valence-electron chi connectivity index (χ0n) is 32.6. The zero-order valence-corrected chi connectivity index (χ0v) is 33.5. The standard InChI is InChI=1S/C42H81NO6S/c1-3-5-7-9-11-13-15-17-19-20-21-22-23-25-27-29-31-33-35-37-41(45)42(46)43-39(38-50(47,48)49)40(44)36-34-32-30-28-26-24-18-16-14-12-10-8-6-4-2/h21-22,34,36,39-41,44-45H,3-20,23-33,35,37-38H2,1-2H3,(H,43,46)(H,47,48,49)/b22-21-,36-34+. The van der Waals surface area contributed by atoms with Crippen LogP contribution in [0, 0.1) is 0 Å². The monoisotopic (exact) mass is 728 g/mol. The lowest BCUT2D eigenvalue weighted by Crippen LogP contribution is -2.50. The van der Waals surface area contributed by atoms with Gasteiger partial charge in [-0.3, -0.25) is 9.35 Å². The molecular formula is C42H81NO6S. The van der Waals surface area contributed by atoms with Gasteiger partial charge < -0.3 is 15.5 Å². The molecule has 0 aromatic heterocycles. The van der Waals surface area contributed by atoms with E-state index in [1.165, 1.54) is 147 Å². The molecule has 0 saturated carbocycles. The third-order valence-electron chi connectivity index (χ3n) is 9.73. The lowest BCUT2D eigenvalue weighted by Gasteiger charge is -2.22. The Balaban J connectivity index is 4.01. The Kier molecular flexibility index (Phi) is 35.3. The van der Waals surface area contributed by atoms with Crippen molar-refractivity contribution in [3.63, 3.8) is 0 Å². The molecule has 0 bridgehead atoms. The molecule has 0 saturated heterocycles. The Hall–Kier alpha value is -1.22. The van der Waals surface area contributed by atoms with Gasteiger partial charge in [-0.25, -0.2) is 0 Å². The third kappa shape index (κ3) is 35.2. The van der Waals surface area contributed by atoms with E-state index >= 15 is 0 Å². The molecule has 0 heterocycles. The van der Waals surface area contributed by atoms with Crippen molar-refractivity contribution < 1.29 is 28.0 Å². The van der Waals surface area contributed by atoms with Crippen molar-refractivity contribution in [3.8, 4) is 0 Å². The van der Waals surface area contributed by atoms with Crippen LogP contribution in [0.5, 0.6) is 0 Å². The molecule has 3 atom stereocenters. The van der Waals surface area contributed by atoms with Crippen molar-refractivity contribution in [1.82, 2.24) is 5.32 Å². The summed E-state index contributed by atoms with van der Waals surface area (Å²) in [6.45, 7) is 4.51. The minimum Gasteiger partial charge on any atom is -0.387 e. The van der Waals surface area contributed by atoms with Crippen LogP contribution in [0.1, 0.15) is 213 Å². The van der Waals surface area contributed by atoms with Gasteiger partial charge in [-0.2, -0.15) is 8.42 Å². The Morgan fingerprint density at radius 2 is 0.880 bits per heavy atom. The van der Waals surface area contributed by atoms with E-state index in [0.717, 1.165) is 44.9 Å². The highest BCUT2D eigenvalue weighted by atomic mass is 32.2. The Bertz CT molecular complexity index is 906. The van der Waals surface area contributed by atoms with Gasteiger partial charge in [0.2, 0.25) is 5.91 Å². The van der Waals surface area contributed by atoms with Gasteiger partial charge in [0.1, 0.15) is 6.10 Å². The average molecular weight is 728 g/mol. The number of aliphatic hydroxyl groups is 2. The molecule has 296 valence electrons. The van der Waals surface area contributed by atoms with E-state index in [9.17, 15) is 28.0 Å². The Labute approximate surface area is 309 Å². The summed E-state index contributed by atoms with van der Waals surface area (Å²) in [5.74, 6) is -1.54. The van der Waals surface area contributed by atoms with E-state index in [1.54, 1.807) is 6.08 Å². The first kappa shape index (κ1) is 48.8. The summed E-state index contributed by atoms with van der Waals surface area (Å²) in [5, 5.41) is 23.4. The van der Waals surface area contributed by atoms with Gasteiger partial charge in [0.15, 0.2) is 0 Å². The second-order valence-corrected chi connectivity index (χ2v) is 16.3. The second-order valence-electron chi connectivity index (χ2n) is 14.8. The van der Waals surface area contributed by atoms with E-state index < -0.39 is 40.0 Å². The van der Waals surface area contributed by atoms with E-state index in [1.807, 2.05) is 0 Å². The molecule has 50 heavy (non-hydrogen) atoms. The Morgan fingerprint density at radius 3 is 1.26 bits per heavy atom. The fourth-order valence-electron chi connectivity index (χ4n) is 6.45. The van der Waals surface area contributed by atoms with Crippen LogP contribution >= 0.6 is 0 Å². The van der Waals surface area contributed by atoms with E-state index in [0.29, 0.717) is 6.42 Å². The fourth-order valence-corrected chi connectivity index (χ4v) is 7.19. The van der Waals surface area contributed by atoms with E-state index in [-0.39, 0.29) is 6.42 Å². The van der Waals surface area contributed by atoms with Crippen molar-refractivity contribution in [2.75, 3.05) is 5.75 Å². The predicted octanol–water partition coefficient (Wildman–Crippen LogP) is 11.3. The molecule has 8 heteroatoms. The maximum absolute atomic E-state index is 12.6. The topological polar surface area (TPSA) is 124 Å². The van der Waals surface area contributed by atoms with Crippen molar-refractivity contribution >= 4 is 16.0 Å². The van der Waals surface area contributed by atoms with Gasteiger partial charge in [0.25, 0.3) is 10.1 Å². The highest BCUT2D eigenvalue weighted by Crippen LogP contribution is 2.15. The Morgan fingerprint density at radius 1 is 0.540 bits per heavy atom. The molecule has 7 nitrogen and oxygen atoms in total. The summed E-state index contributed by atoms with van der Waals surface area (Å²) in [6.07, 6.45) is 42.3. The fraction of sp³-hybridized carbons (Fsp3) is 0.881. The van der Waals surface area contributed by atoms with Gasteiger partial charge in [-0.1, -0.05) is 192 Å². The molecule has 0 spiro atoms. The minimum atomic E-state index is -4.44. The zero-order chi connectivity index (χ0) is 37.0. The van der Waals surface area contributed by atoms with Gasteiger partial charge in [-0.15, -0.1) is 0 Å². The first-order valence-corrected chi connectivity index (χ1v) is 22.8. The number of nitrogens with one attached hydrogen (secondary N) is 1. The number of aliphatic hydroxyl groups excluding tert-OH is 2. The third-order valence-corrected chi connectivity index (χ3v) is 10.5. The maximum atomic E-state index is 12.6. The summed E-state index contributed by atoms with van der Waals surface area (Å²) in [5.41, 5.74) is 0. The number of unbranched alkanes of at least 4 members (excludes halogenated alkanes) is 27. The molecule has 0 aliphatic heterocycles. The number of allylic oxidation sites excluding steroid dienone is 3. The number of carbonyl (C=O) groups excluding carboxylic acids is 1.